The molecule has 2 rings (SSSR count). The minimum atomic E-state index is -1.24. The minimum Gasteiger partial charge on any atom is -0.497 e. The van der Waals surface area contributed by atoms with E-state index in [1.165, 1.54) is 0 Å². The van der Waals surface area contributed by atoms with Gasteiger partial charge in [0.15, 0.2) is 5.75 Å². The third-order valence-electron chi connectivity index (χ3n) is 3.56. The third kappa shape index (κ3) is 2.74. The summed E-state index contributed by atoms with van der Waals surface area (Å²) in [5.74, 6) is 1.26. The van der Waals surface area contributed by atoms with Crippen LogP contribution in [0.25, 0.3) is 0 Å². The quantitative estimate of drug-likeness (QED) is 0.920. The van der Waals surface area contributed by atoms with Crippen molar-refractivity contribution in [3.8, 4) is 11.5 Å². The van der Waals surface area contributed by atoms with E-state index < -0.39 is 5.60 Å². The molecule has 0 aliphatic heterocycles. The Morgan fingerprint density at radius 1 is 1.24 bits per heavy atom. The summed E-state index contributed by atoms with van der Waals surface area (Å²) in [6.45, 7) is 5.76. The van der Waals surface area contributed by atoms with Crippen molar-refractivity contribution in [2.75, 3.05) is 14.2 Å². The van der Waals surface area contributed by atoms with Crippen molar-refractivity contribution in [1.82, 2.24) is 9.78 Å². The van der Waals surface area contributed by atoms with Gasteiger partial charge in [0.1, 0.15) is 17.0 Å². The summed E-state index contributed by atoms with van der Waals surface area (Å²) in [6.07, 6.45) is 1.63. The van der Waals surface area contributed by atoms with Crippen LogP contribution in [-0.2, 0) is 5.60 Å². The van der Waals surface area contributed by atoms with Gasteiger partial charge in [0.2, 0.25) is 0 Å². The lowest BCUT2D eigenvalue weighted by molar-refractivity contribution is 0.0865. The monoisotopic (exact) mass is 290 g/mol. The zero-order valence-electron chi connectivity index (χ0n) is 13.1. The highest BCUT2D eigenvalue weighted by Crippen LogP contribution is 2.37. The Morgan fingerprint density at radius 3 is 2.52 bits per heavy atom. The Hall–Kier alpha value is -2.01. The van der Waals surface area contributed by atoms with Crippen molar-refractivity contribution in [2.24, 2.45) is 0 Å². The molecule has 21 heavy (non-hydrogen) atoms. The van der Waals surface area contributed by atoms with Crippen LogP contribution < -0.4 is 9.47 Å². The van der Waals surface area contributed by atoms with E-state index in [0.717, 1.165) is 5.56 Å². The van der Waals surface area contributed by atoms with E-state index in [1.807, 2.05) is 38.1 Å². The van der Waals surface area contributed by atoms with Gasteiger partial charge >= 0.3 is 0 Å². The molecule has 0 saturated carbocycles. The molecular weight excluding hydrogens is 268 g/mol. The molecule has 5 heteroatoms. The highest BCUT2D eigenvalue weighted by molar-refractivity contribution is 5.42. The molecule has 2 aromatic rings. The molecule has 0 bridgehead atoms. The van der Waals surface area contributed by atoms with Crippen LogP contribution in [-0.4, -0.2) is 29.1 Å². The van der Waals surface area contributed by atoms with E-state index in [1.54, 1.807) is 32.0 Å². The molecule has 1 unspecified atom stereocenters. The largest absolute Gasteiger partial charge is 0.497 e. The van der Waals surface area contributed by atoms with Gasteiger partial charge in [0.05, 0.1) is 20.4 Å². The molecular formula is C16H22N2O3. The number of ether oxygens (including phenoxy) is 2. The molecule has 0 radical (unpaired) electrons. The molecule has 0 aliphatic carbocycles. The number of methoxy groups -OCH3 is 2. The summed E-state index contributed by atoms with van der Waals surface area (Å²) in [6, 6.07) is 7.49. The highest BCUT2D eigenvalue weighted by Gasteiger charge is 2.34. The fraction of sp³-hybridized carbons (Fsp3) is 0.438. The van der Waals surface area contributed by atoms with Gasteiger partial charge < -0.3 is 14.6 Å². The van der Waals surface area contributed by atoms with Gasteiger partial charge in [0.25, 0.3) is 0 Å². The zero-order valence-corrected chi connectivity index (χ0v) is 13.1. The molecule has 1 N–H and O–H groups in total. The number of hydrogen-bond donors (Lipinski definition) is 1. The Labute approximate surface area is 125 Å². The van der Waals surface area contributed by atoms with Crippen LogP contribution in [0.4, 0.5) is 0 Å². The minimum absolute atomic E-state index is 0.112. The number of hydrogen-bond acceptors (Lipinski definition) is 4. The van der Waals surface area contributed by atoms with E-state index in [2.05, 4.69) is 5.10 Å². The molecule has 5 nitrogen and oxygen atoms in total. The predicted molar refractivity (Wildman–Crippen MR) is 80.8 cm³/mol. The lowest BCUT2D eigenvalue weighted by atomic mass is 9.91. The van der Waals surface area contributed by atoms with Crippen LogP contribution in [0.15, 0.2) is 30.5 Å². The van der Waals surface area contributed by atoms with Crippen LogP contribution in [0.3, 0.4) is 0 Å². The molecule has 1 aromatic carbocycles. The molecule has 1 heterocycles. The first-order valence-corrected chi connectivity index (χ1v) is 6.90. The molecule has 114 valence electrons. The van der Waals surface area contributed by atoms with Gasteiger partial charge in [-0.2, -0.15) is 5.10 Å². The van der Waals surface area contributed by atoms with Crippen molar-refractivity contribution in [1.29, 1.82) is 0 Å². The Bertz CT molecular complexity index is 618. The fourth-order valence-electron chi connectivity index (χ4n) is 2.41. The second kappa shape index (κ2) is 5.77. The maximum absolute atomic E-state index is 11.1. The average molecular weight is 290 g/mol. The molecule has 0 fully saturated rings. The second-order valence-electron chi connectivity index (χ2n) is 5.40. The lowest BCUT2D eigenvalue weighted by Crippen LogP contribution is -2.28. The summed E-state index contributed by atoms with van der Waals surface area (Å²) in [5, 5.41) is 15.4. The second-order valence-corrected chi connectivity index (χ2v) is 5.40. The van der Waals surface area contributed by atoms with Crippen molar-refractivity contribution in [3.63, 3.8) is 0 Å². The first-order chi connectivity index (χ1) is 9.91. The Balaban J connectivity index is 2.59. The van der Waals surface area contributed by atoms with Crippen LogP contribution in [0.5, 0.6) is 11.5 Å². The normalized spacial score (nSPS) is 14.0. The van der Waals surface area contributed by atoms with E-state index in [-0.39, 0.29) is 6.04 Å². The number of benzene rings is 1. The van der Waals surface area contributed by atoms with Crippen molar-refractivity contribution in [3.05, 3.63) is 41.7 Å². The molecule has 0 amide bonds. The summed E-state index contributed by atoms with van der Waals surface area (Å²) in [5.41, 5.74) is 0.122. The van der Waals surface area contributed by atoms with E-state index >= 15 is 0 Å². The van der Waals surface area contributed by atoms with Crippen molar-refractivity contribution < 1.29 is 14.6 Å². The number of nitrogens with zero attached hydrogens (tertiary/aromatic N) is 2. The molecule has 0 aliphatic rings. The molecule has 1 aromatic heterocycles. The number of aliphatic hydroxyl groups is 1. The van der Waals surface area contributed by atoms with Crippen LogP contribution in [0.1, 0.15) is 38.1 Å². The number of aromatic nitrogens is 2. The van der Waals surface area contributed by atoms with Crippen LogP contribution in [0, 0.1) is 0 Å². The smallest absolute Gasteiger partial charge is 0.163 e. The van der Waals surface area contributed by atoms with Gasteiger partial charge in [-0.1, -0.05) is 12.1 Å². The van der Waals surface area contributed by atoms with Gasteiger partial charge in [-0.25, -0.2) is 0 Å². The van der Waals surface area contributed by atoms with Crippen molar-refractivity contribution >= 4 is 0 Å². The summed E-state index contributed by atoms with van der Waals surface area (Å²) in [7, 11) is 3.18. The summed E-state index contributed by atoms with van der Waals surface area (Å²) in [4.78, 5) is 0. The maximum Gasteiger partial charge on any atom is 0.163 e. The average Bonchev–Trinajstić information content (AvgIpc) is 2.92. The summed E-state index contributed by atoms with van der Waals surface area (Å²) < 4.78 is 12.4. The molecule has 0 saturated heterocycles. The highest BCUT2D eigenvalue weighted by atomic mass is 16.5. The SMILES string of the molecule is COc1cccc(C(C)(O)c2c(OC)cnn2C(C)C)c1. The van der Waals surface area contributed by atoms with Gasteiger partial charge in [-0.15, -0.1) is 0 Å². The third-order valence-corrected chi connectivity index (χ3v) is 3.56. The van der Waals surface area contributed by atoms with Crippen molar-refractivity contribution in [2.45, 2.75) is 32.4 Å². The number of rotatable bonds is 5. The lowest BCUT2D eigenvalue weighted by Gasteiger charge is -2.27. The van der Waals surface area contributed by atoms with E-state index in [0.29, 0.717) is 17.2 Å². The van der Waals surface area contributed by atoms with Crippen LogP contribution >= 0.6 is 0 Å². The fourth-order valence-corrected chi connectivity index (χ4v) is 2.41. The summed E-state index contributed by atoms with van der Waals surface area (Å²) >= 11 is 0. The Morgan fingerprint density at radius 2 is 1.95 bits per heavy atom. The zero-order chi connectivity index (χ0) is 15.6. The standard InChI is InChI=1S/C16H22N2O3/c1-11(2)18-15(14(21-5)10-17-18)16(3,19)12-7-6-8-13(9-12)20-4/h6-11,19H,1-5H3. The van der Waals surface area contributed by atoms with Gasteiger partial charge in [0, 0.05) is 6.04 Å². The van der Waals surface area contributed by atoms with Crippen LogP contribution in [0.2, 0.25) is 0 Å². The van der Waals surface area contributed by atoms with Gasteiger partial charge in [-0.3, -0.25) is 4.68 Å². The van der Waals surface area contributed by atoms with Gasteiger partial charge in [-0.05, 0) is 38.5 Å². The predicted octanol–water partition coefficient (Wildman–Crippen LogP) is 2.74. The van der Waals surface area contributed by atoms with E-state index in [9.17, 15) is 5.11 Å². The first kappa shape index (κ1) is 15.4. The first-order valence-electron chi connectivity index (χ1n) is 6.90. The topological polar surface area (TPSA) is 56.5 Å². The Kier molecular flexibility index (Phi) is 4.23. The van der Waals surface area contributed by atoms with E-state index in [4.69, 9.17) is 9.47 Å². The molecule has 0 spiro atoms. The maximum atomic E-state index is 11.1. The molecule has 1 atom stereocenters.